The molecule has 3 aromatic rings. The van der Waals surface area contributed by atoms with E-state index < -0.39 is 0 Å². The first kappa shape index (κ1) is 15.5. The summed E-state index contributed by atoms with van der Waals surface area (Å²) in [5.74, 6) is 0.182. The molecule has 0 saturated heterocycles. The van der Waals surface area contributed by atoms with E-state index >= 15 is 0 Å². The number of para-hydroxylation sites is 1. The average Bonchev–Trinajstić information content (AvgIpc) is 2.55. The maximum absolute atomic E-state index is 12.1. The summed E-state index contributed by atoms with van der Waals surface area (Å²) in [6, 6.07) is 14.7. The fourth-order valence-corrected chi connectivity index (χ4v) is 2.55. The van der Waals surface area contributed by atoms with Gasteiger partial charge in [0.2, 0.25) is 5.95 Å². The molecule has 0 unspecified atom stereocenters. The first-order valence-corrected chi connectivity index (χ1v) is 7.60. The molecule has 1 heterocycles. The average molecular weight is 347 g/mol. The zero-order chi connectivity index (χ0) is 16.2. The van der Waals surface area contributed by atoms with Crippen LogP contribution in [0.15, 0.2) is 53.3 Å². The number of H-pyrrole nitrogens is 1. The third-order valence-electron chi connectivity index (χ3n) is 3.19. The first-order valence-electron chi connectivity index (χ1n) is 6.84. The highest BCUT2D eigenvalue weighted by molar-refractivity contribution is 6.39. The molecule has 0 amide bonds. The Morgan fingerprint density at radius 3 is 2.30 bits per heavy atom. The Morgan fingerprint density at radius 1 is 0.957 bits per heavy atom. The van der Waals surface area contributed by atoms with Gasteiger partial charge in [-0.3, -0.25) is 9.78 Å². The van der Waals surface area contributed by atoms with E-state index in [1.54, 1.807) is 18.2 Å². The zero-order valence-corrected chi connectivity index (χ0v) is 13.4. The van der Waals surface area contributed by atoms with Gasteiger partial charge in [0.15, 0.2) is 0 Å². The van der Waals surface area contributed by atoms with Gasteiger partial charge in [-0.1, -0.05) is 59.6 Å². The van der Waals surface area contributed by atoms with E-state index in [2.05, 4.69) is 20.5 Å². The van der Waals surface area contributed by atoms with Crippen LogP contribution in [-0.4, -0.2) is 15.2 Å². The highest BCUT2D eigenvalue weighted by Gasteiger charge is 2.09. The molecular formula is C16H12Cl2N4O. The highest BCUT2D eigenvalue weighted by Crippen LogP contribution is 2.31. The van der Waals surface area contributed by atoms with Crippen molar-refractivity contribution in [2.24, 2.45) is 0 Å². The minimum Gasteiger partial charge on any atom is -0.322 e. The summed E-state index contributed by atoms with van der Waals surface area (Å²) in [6.07, 6.45) is 0.413. The fraction of sp³-hybridized carbons (Fsp3) is 0.0625. The Labute approximate surface area is 142 Å². The summed E-state index contributed by atoms with van der Waals surface area (Å²) in [5.41, 5.74) is 1.49. The molecule has 0 saturated carbocycles. The third kappa shape index (κ3) is 3.70. The van der Waals surface area contributed by atoms with Gasteiger partial charge in [-0.05, 0) is 17.7 Å². The topological polar surface area (TPSA) is 70.7 Å². The first-order chi connectivity index (χ1) is 11.1. The van der Waals surface area contributed by atoms with E-state index in [4.69, 9.17) is 23.2 Å². The monoisotopic (exact) mass is 346 g/mol. The van der Waals surface area contributed by atoms with Crippen molar-refractivity contribution < 1.29 is 0 Å². The lowest BCUT2D eigenvalue weighted by molar-refractivity contribution is 0.874. The molecule has 0 aliphatic rings. The molecule has 5 nitrogen and oxygen atoms in total. The van der Waals surface area contributed by atoms with Crippen molar-refractivity contribution in [2.75, 3.05) is 5.32 Å². The predicted octanol–water partition coefficient (Wildman–Crippen LogP) is 3.81. The summed E-state index contributed by atoms with van der Waals surface area (Å²) in [6.45, 7) is 0. The van der Waals surface area contributed by atoms with E-state index in [9.17, 15) is 4.79 Å². The number of nitrogens with one attached hydrogen (secondary N) is 2. The van der Waals surface area contributed by atoms with Gasteiger partial charge in [0.1, 0.15) is 5.69 Å². The van der Waals surface area contributed by atoms with Crippen molar-refractivity contribution in [2.45, 2.75) is 6.42 Å². The molecule has 1 aromatic heterocycles. The number of benzene rings is 2. The van der Waals surface area contributed by atoms with Gasteiger partial charge in [0, 0.05) is 6.42 Å². The van der Waals surface area contributed by atoms with Crippen LogP contribution in [0.2, 0.25) is 10.0 Å². The minimum absolute atomic E-state index is 0.182. The molecule has 3 rings (SSSR count). The van der Waals surface area contributed by atoms with E-state index in [1.165, 1.54) is 0 Å². The van der Waals surface area contributed by atoms with Gasteiger partial charge >= 0.3 is 0 Å². The predicted molar refractivity (Wildman–Crippen MR) is 91.6 cm³/mol. The molecule has 0 aliphatic carbocycles. The van der Waals surface area contributed by atoms with Gasteiger partial charge < -0.3 is 5.32 Å². The minimum atomic E-state index is -0.311. The van der Waals surface area contributed by atoms with E-state index in [1.807, 2.05) is 30.3 Å². The maximum atomic E-state index is 12.1. The van der Waals surface area contributed by atoms with Gasteiger partial charge in [-0.25, -0.2) is 0 Å². The molecule has 116 valence electrons. The number of hydrogen-bond donors (Lipinski definition) is 2. The van der Waals surface area contributed by atoms with Gasteiger partial charge in [-0.15, -0.1) is 10.2 Å². The molecule has 0 fully saturated rings. The molecule has 0 aliphatic heterocycles. The molecule has 0 radical (unpaired) electrons. The van der Waals surface area contributed by atoms with E-state index in [0.717, 1.165) is 5.56 Å². The SMILES string of the molecule is O=c1[nH]c(Nc2c(Cl)cccc2Cl)nnc1Cc1ccccc1. The summed E-state index contributed by atoms with van der Waals surface area (Å²) in [7, 11) is 0. The van der Waals surface area contributed by atoms with Crippen molar-refractivity contribution in [3.8, 4) is 0 Å². The Hall–Kier alpha value is -2.37. The van der Waals surface area contributed by atoms with E-state index in [-0.39, 0.29) is 11.5 Å². The third-order valence-corrected chi connectivity index (χ3v) is 3.82. The number of aromatic nitrogens is 3. The number of hydrogen-bond acceptors (Lipinski definition) is 4. The van der Waals surface area contributed by atoms with Crippen LogP contribution in [0.25, 0.3) is 0 Å². The van der Waals surface area contributed by atoms with Crippen molar-refractivity contribution in [1.82, 2.24) is 15.2 Å². The second-order valence-electron chi connectivity index (χ2n) is 4.83. The number of rotatable bonds is 4. The molecule has 0 bridgehead atoms. The Bertz CT molecular complexity index is 860. The maximum Gasteiger partial charge on any atom is 0.274 e. The second-order valence-corrected chi connectivity index (χ2v) is 5.65. The molecule has 0 spiro atoms. The van der Waals surface area contributed by atoms with Crippen LogP contribution in [0.1, 0.15) is 11.3 Å². The Balaban J connectivity index is 1.84. The van der Waals surface area contributed by atoms with Crippen LogP contribution in [0.4, 0.5) is 11.6 Å². The number of halogens is 2. The van der Waals surface area contributed by atoms with Gasteiger partial charge in [0.05, 0.1) is 15.7 Å². The summed E-state index contributed by atoms with van der Waals surface area (Å²) < 4.78 is 0. The molecular weight excluding hydrogens is 335 g/mol. The Kier molecular flexibility index (Phi) is 4.60. The quantitative estimate of drug-likeness (QED) is 0.753. The van der Waals surface area contributed by atoms with Gasteiger partial charge in [0.25, 0.3) is 5.56 Å². The largest absolute Gasteiger partial charge is 0.322 e. The number of anilines is 2. The smallest absolute Gasteiger partial charge is 0.274 e. The van der Waals surface area contributed by atoms with Crippen LogP contribution in [0.3, 0.4) is 0 Å². The van der Waals surface area contributed by atoms with Crippen molar-refractivity contribution in [3.63, 3.8) is 0 Å². The Morgan fingerprint density at radius 2 is 1.65 bits per heavy atom. The van der Waals surface area contributed by atoms with Crippen molar-refractivity contribution >= 4 is 34.8 Å². The molecule has 23 heavy (non-hydrogen) atoms. The summed E-state index contributed by atoms with van der Waals surface area (Å²) in [4.78, 5) is 14.8. The van der Waals surface area contributed by atoms with Crippen molar-refractivity contribution in [1.29, 1.82) is 0 Å². The number of nitrogens with zero attached hydrogens (tertiary/aromatic N) is 2. The van der Waals surface area contributed by atoms with E-state index in [0.29, 0.717) is 27.8 Å². The molecule has 0 atom stereocenters. The standard InChI is InChI=1S/C16H12Cl2N4O/c17-11-7-4-8-12(18)14(11)19-16-20-15(23)13(21-22-16)9-10-5-2-1-3-6-10/h1-8H,9H2,(H2,19,20,22,23). The molecule has 7 heteroatoms. The number of aromatic amines is 1. The lowest BCUT2D eigenvalue weighted by atomic mass is 10.1. The summed E-state index contributed by atoms with van der Waals surface area (Å²) in [5, 5.41) is 11.7. The lowest BCUT2D eigenvalue weighted by Crippen LogP contribution is -2.19. The van der Waals surface area contributed by atoms with Crippen LogP contribution < -0.4 is 10.9 Å². The van der Waals surface area contributed by atoms with Gasteiger partial charge in [-0.2, -0.15) is 0 Å². The second kappa shape index (κ2) is 6.81. The van der Waals surface area contributed by atoms with Crippen LogP contribution >= 0.6 is 23.2 Å². The normalized spacial score (nSPS) is 10.5. The van der Waals surface area contributed by atoms with Crippen LogP contribution in [0.5, 0.6) is 0 Å². The zero-order valence-electron chi connectivity index (χ0n) is 11.9. The fourth-order valence-electron chi connectivity index (χ4n) is 2.06. The highest BCUT2D eigenvalue weighted by atomic mass is 35.5. The van der Waals surface area contributed by atoms with Crippen LogP contribution in [-0.2, 0) is 6.42 Å². The molecule has 2 aromatic carbocycles. The lowest BCUT2D eigenvalue weighted by Gasteiger charge is -2.09. The van der Waals surface area contributed by atoms with Crippen LogP contribution in [0, 0.1) is 0 Å². The molecule has 2 N–H and O–H groups in total. The van der Waals surface area contributed by atoms with Crippen molar-refractivity contribution in [3.05, 3.63) is 80.2 Å². The summed E-state index contributed by atoms with van der Waals surface area (Å²) >= 11 is 12.1.